The van der Waals surface area contributed by atoms with Crippen molar-refractivity contribution in [2.24, 2.45) is 11.3 Å². The average Bonchev–Trinajstić information content (AvgIpc) is 2.80. The number of hydrogen-bond acceptors (Lipinski definition) is 2. The zero-order valence-electron chi connectivity index (χ0n) is 13.4. The molecule has 0 aliphatic heterocycles. The van der Waals surface area contributed by atoms with E-state index in [4.69, 9.17) is 0 Å². The van der Waals surface area contributed by atoms with Crippen LogP contribution in [-0.4, -0.2) is 13.1 Å². The van der Waals surface area contributed by atoms with Crippen LogP contribution in [0.15, 0.2) is 29.6 Å². The number of hydrogen-bond donors (Lipinski definition) is 1. The van der Waals surface area contributed by atoms with E-state index in [0.29, 0.717) is 17.4 Å². The minimum absolute atomic E-state index is 0.381. The Bertz CT molecular complexity index is 550. The lowest BCUT2D eigenvalue weighted by atomic mass is 9.78. The van der Waals surface area contributed by atoms with E-state index in [1.54, 1.807) is 0 Å². The summed E-state index contributed by atoms with van der Waals surface area (Å²) in [4.78, 5) is 0. The van der Waals surface area contributed by atoms with Crippen LogP contribution < -0.4 is 5.32 Å². The quantitative estimate of drug-likeness (QED) is 0.807. The molecule has 1 nitrogen and oxygen atoms in total. The molecule has 2 rings (SSSR count). The fourth-order valence-electron chi connectivity index (χ4n) is 2.54. The Morgan fingerprint density at radius 2 is 1.90 bits per heavy atom. The van der Waals surface area contributed by atoms with E-state index < -0.39 is 0 Å². The number of benzene rings is 1. The molecule has 2 atom stereocenters. The molecule has 2 unspecified atom stereocenters. The maximum absolute atomic E-state index is 3.51. The molecule has 110 valence electrons. The predicted molar refractivity (Wildman–Crippen MR) is 91.6 cm³/mol. The highest BCUT2D eigenvalue weighted by molar-refractivity contribution is 7.17. The second kappa shape index (κ2) is 6.28. The normalized spacial score (nSPS) is 15.4. The van der Waals surface area contributed by atoms with Crippen molar-refractivity contribution in [2.45, 2.75) is 46.6 Å². The van der Waals surface area contributed by atoms with Crippen LogP contribution in [-0.2, 0) is 6.42 Å². The van der Waals surface area contributed by atoms with Crippen LogP contribution in [0, 0.1) is 11.3 Å². The van der Waals surface area contributed by atoms with E-state index >= 15 is 0 Å². The van der Waals surface area contributed by atoms with Crippen LogP contribution in [0.5, 0.6) is 0 Å². The van der Waals surface area contributed by atoms with Gasteiger partial charge < -0.3 is 5.32 Å². The third kappa shape index (κ3) is 3.62. The molecule has 0 radical (unpaired) electrons. The number of thiophene rings is 1. The Labute approximate surface area is 127 Å². The molecule has 20 heavy (non-hydrogen) atoms. The van der Waals surface area contributed by atoms with Gasteiger partial charge in [-0.2, -0.15) is 0 Å². The monoisotopic (exact) mass is 289 g/mol. The first-order chi connectivity index (χ1) is 9.41. The fourth-order valence-corrected chi connectivity index (χ4v) is 3.52. The van der Waals surface area contributed by atoms with E-state index in [9.17, 15) is 0 Å². The van der Waals surface area contributed by atoms with Gasteiger partial charge in [-0.25, -0.2) is 0 Å². The smallest absolute Gasteiger partial charge is 0.0345 e. The lowest BCUT2D eigenvalue weighted by Gasteiger charge is -2.30. The number of rotatable bonds is 5. The van der Waals surface area contributed by atoms with Crippen molar-refractivity contribution in [1.82, 2.24) is 5.32 Å². The van der Waals surface area contributed by atoms with Crippen molar-refractivity contribution in [2.75, 3.05) is 7.05 Å². The molecule has 0 bridgehead atoms. The first-order valence-corrected chi connectivity index (χ1v) is 8.42. The molecule has 0 aliphatic carbocycles. The third-order valence-electron chi connectivity index (χ3n) is 4.55. The SMILES string of the molecule is CNC(Cc1csc2ccccc12)CC(C)C(C)(C)C. The maximum atomic E-state index is 3.51. The first-order valence-electron chi connectivity index (χ1n) is 7.54. The lowest BCUT2D eigenvalue weighted by molar-refractivity contribution is 0.225. The van der Waals surface area contributed by atoms with Crippen LogP contribution >= 0.6 is 11.3 Å². The van der Waals surface area contributed by atoms with E-state index in [0.717, 1.165) is 6.42 Å². The molecule has 0 aliphatic rings. The van der Waals surface area contributed by atoms with Crippen molar-refractivity contribution in [3.05, 3.63) is 35.2 Å². The fraction of sp³-hybridized carbons (Fsp3) is 0.556. The van der Waals surface area contributed by atoms with Crippen molar-refractivity contribution in [3.63, 3.8) is 0 Å². The Morgan fingerprint density at radius 3 is 2.55 bits per heavy atom. The van der Waals surface area contributed by atoms with Gasteiger partial charge in [0.2, 0.25) is 0 Å². The summed E-state index contributed by atoms with van der Waals surface area (Å²) in [5.74, 6) is 0.713. The summed E-state index contributed by atoms with van der Waals surface area (Å²) in [6, 6.07) is 9.30. The molecule has 1 heterocycles. The van der Waals surface area contributed by atoms with E-state index in [1.807, 2.05) is 11.3 Å². The minimum Gasteiger partial charge on any atom is -0.317 e. The van der Waals surface area contributed by atoms with E-state index in [1.165, 1.54) is 22.1 Å². The summed E-state index contributed by atoms with van der Waals surface area (Å²) in [5.41, 5.74) is 1.87. The van der Waals surface area contributed by atoms with Crippen LogP contribution in [0.3, 0.4) is 0 Å². The van der Waals surface area contributed by atoms with E-state index in [2.05, 4.69) is 69.7 Å². The second-order valence-electron chi connectivity index (χ2n) is 6.95. The molecule has 2 aromatic rings. The predicted octanol–water partition coefficient (Wildman–Crippen LogP) is 5.10. The van der Waals surface area contributed by atoms with Crippen molar-refractivity contribution >= 4 is 21.4 Å². The second-order valence-corrected chi connectivity index (χ2v) is 7.86. The molecule has 1 aromatic heterocycles. The van der Waals surface area contributed by atoms with Gasteiger partial charge in [-0.3, -0.25) is 0 Å². The summed E-state index contributed by atoms with van der Waals surface area (Å²) in [7, 11) is 2.09. The minimum atomic E-state index is 0.381. The highest BCUT2D eigenvalue weighted by atomic mass is 32.1. The van der Waals surface area contributed by atoms with Gasteiger partial charge in [0.25, 0.3) is 0 Å². The van der Waals surface area contributed by atoms with Gasteiger partial charge in [-0.15, -0.1) is 11.3 Å². The van der Waals surface area contributed by atoms with Crippen molar-refractivity contribution in [3.8, 4) is 0 Å². The number of fused-ring (bicyclic) bond motifs is 1. The summed E-state index contributed by atoms with van der Waals surface area (Å²) >= 11 is 1.86. The Kier molecular flexibility index (Phi) is 4.87. The van der Waals surface area contributed by atoms with E-state index in [-0.39, 0.29) is 0 Å². The van der Waals surface area contributed by atoms with Gasteiger partial charge in [0, 0.05) is 10.7 Å². The molecule has 0 spiro atoms. The first kappa shape index (κ1) is 15.5. The van der Waals surface area contributed by atoms with Crippen LogP contribution in [0.4, 0.5) is 0 Å². The van der Waals surface area contributed by atoms with Crippen molar-refractivity contribution < 1.29 is 0 Å². The highest BCUT2D eigenvalue weighted by Crippen LogP contribution is 2.31. The number of nitrogens with one attached hydrogen (secondary N) is 1. The van der Waals surface area contributed by atoms with Crippen LogP contribution in [0.25, 0.3) is 10.1 Å². The summed E-state index contributed by atoms with van der Waals surface area (Å²) in [6.45, 7) is 9.38. The van der Waals surface area contributed by atoms with Gasteiger partial charge >= 0.3 is 0 Å². The van der Waals surface area contributed by atoms with Crippen LogP contribution in [0.2, 0.25) is 0 Å². The third-order valence-corrected chi connectivity index (χ3v) is 5.56. The molecule has 2 heteroatoms. The van der Waals surface area contributed by atoms with Crippen LogP contribution in [0.1, 0.15) is 39.7 Å². The molecule has 0 saturated heterocycles. The molecular weight excluding hydrogens is 262 g/mol. The average molecular weight is 289 g/mol. The topological polar surface area (TPSA) is 12.0 Å². The standard InChI is InChI=1S/C18H27NS/c1-13(18(2,3)4)10-15(19-5)11-14-12-20-17-9-7-6-8-16(14)17/h6-9,12-13,15,19H,10-11H2,1-5H3. The largest absolute Gasteiger partial charge is 0.317 e. The summed E-state index contributed by atoms with van der Waals surface area (Å²) in [5, 5.41) is 7.27. The van der Waals surface area contributed by atoms with Gasteiger partial charge in [0.1, 0.15) is 0 Å². The Hall–Kier alpha value is -0.860. The number of likely N-dealkylation sites (N-methyl/N-ethyl adjacent to an activating group) is 1. The summed E-state index contributed by atoms with van der Waals surface area (Å²) in [6.07, 6.45) is 2.35. The zero-order valence-corrected chi connectivity index (χ0v) is 14.2. The molecule has 0 saturated carbocycles. The molecule has 1 aromatic carbocycles. The van der Waals surface area contributed by atoms with Gasteiger partial charge in [-0.05, 0) is 53.6 Å². The van der Waals surface area contributed by atoms with Crippen molar-refractivity contribution in [1.29, 1.82) is 0 Å². The summed E-state index contributed by atoms with van der Waals surface area (Å²) < 4.78 is 1.40. The Balaban J connectivity index is 2.10. The highest BCUT2D eigenvalue weighted by Gasteiger charge is 2.23. The van der Waals surface area contributed by atoms with Gasteiger partial charge in [0.05, 0.1) is 0 Å². The molecular formula is C18H27NS. The van der Waals surface area contributed by atoms with Gasteiger partial charge in [0.15, 0.2) is 0 Å². The molecule has 0 fully saturated rings. The lowest BCUT2D eigenvalue weighted by Crippen LogP contribution is -2.32. The Morgan fingerprint density at radius 1 is 1.20 bits per heavy atom. The zero-order chi connectivity index (χ0) is 14.8. The molecule has 0 amide bonds. The van der Waals surface area contributed by atoms with Gasteiger partial charge in [-0.1, -0.05) is 45.9 Å². The maximum Gasteiger partial charge on any atom is 0.0345 e. The molecule has 1 N–H and O–H groups in total.